The zero-order chi connectivity index (χ0) is 16.0. The van der Waals surface area contributed by atoms with Gasteiger partial charge >= 0.3 is 0 Å². The molecule has 1 aromatic heterocycles. The average molecular weight is 322 g/mol. The van der Waals surface area contributed by atoms with Gasteiger partial charge in [-0.05, 0) is 40.6 Å². The molecule has 1 heterocycles. The van der Waals surface area contributed by atoms with Crippen LogP contribution in [0.5, 0.6) is 11.5 Å². The van der Waals surface area contributed by atoms with Crippen molar-refractivity contribution in [3.63, 3.8) is 0 Å². The molecule has 0 saturated carbocycles. The van der Waals surface area contributed by atoms with E-state index in [1.807, 2.05) is 35.7 Å². The first-order valence-electron chi connectivity index (χ1n) is 7.37. The average Bonchev–Trinajstić information content (AvgIpc) is 3.03. The smallest absolute Gasteiger partial charge is 0.201 e. The van der Waals surface area contributed by atoms with Crippen molar-refractivity contribution in [3.8, 4) is 11.5 Å². The molecule has 1 aliphatic carbocycles. The summed E-state index contributed by atoms with van der Waals surface area (Å²) in [6, 6.07) is 12.8. The predicted octanol–water partition coefficient (Wildman–Crippen LogP) is 3.89. The highest BCUT2D eigenvalue weighted by Gasteiger charge is 2.29. The Kier molecular flexibility index (Phi) is 3.20. The third-order valence-corrected chi connectivity index (χ3v) is 5.13. The van der Waals surface area contributed by atoms with Crippen LogP contribution in [0, 0.1) is 0 Å². The molecule has 4 heteroatoms. The Morgan fingerprint density at radius 2 is 1.78 bits per heavy atom. The number of phenols is 2. The van der Waals surface area contributed by atoms with Crippen LogP contribution in [0.1, 0.15) is 37.5 Å². The lowest BCUT2D eigenvalue weighted by Crippen LogP contribution is -2.16. The van der Waals surface area contributed by atoms with Gasteiger partial charge in [0, 0.05) is 11.3 Å². The summed E-state index contributed by atoms with van der Waals surface area (Å²) in [6.45, 7) is 0. The van der Waals surface area contributed by atoms with Gasteiger partial charge in [0.25, 0.3) is 0 Å². The molecule has 0 fully saturated rings. The summed E-state index contributed by atoms with van der Waals surface area (Å²) in [5, 5.41) is 22.6. The van der Waals surface area contributed by atoms with Gasteiger partial charge < -0.3 is 10.2 Å². The van der Waals surface area contributed by atoms with Gasteiger partial charge in [0.05, 0.1) is 11.1 Å². The van der Waals surface area contributed by atoms with Gasteiger partial charge in [-0.15, -0.1) is 11.3 Å². The molecule has 3 nitrogen and oxygen atoms in total. The van der Waals surface area contributed by atoms with Gasteiger partial charge in [-0.2, -0.15) is 0 Å². The van der Waals surface area contributed by atoms with Crippen LogP contribution in [-0.2, 0) is 12.8 Å². The van der Waals surface area contributed by atoms with E-state index in [-0.39, 0.29) is 17.3 Å². The monoisotopic (exact) mass is 322 g/mol. The molecule has 114 valence electrons. The molecule has 4 rings (SSSR count). The van der Waals surface area contributed by atoms with Gasteiger partial charge in [-0.3, -0.25) is 4.79 Å². The summed E-state index contributed by atoms with van der Waals surface area (Å²) in [7, 11) is 0. The molecule has 3 aromatic rings. The maximum Gasteiger partial charge on any atom is 0.201 e. The number of hydrogen-bond acceptors (Lipinski definition) is 4. The highest BCUT2D eigenvalue weighted by atomic mass is 32.1. The third kappa shape index (κ3) is 2.23. The van der Waals surface area contributed by atoms with Crippen LogP contribution in [0.25, 0.3) is 0 Å². The van der Waals surface area contributed by atoms with E-state index in [9.17, 15) is 15.0 Å². The first-order valence-corrected chi connectivity index (χ1v) is 8.25. The number of phenolic OH excluding ortho intramolecular Hbond substituents is 2. The summed E-state index contributed by atoms with van der Waals surface area (Å²) >= 11 is 1.62. The van der Waals surface area contributed by atoms with Gasteiger partial charge in [0.2, 0.25) is 5.78 Å². The number of aromatic hydroxyl groups is 2. The summed E-state index contributed by atoms with van der Waals surface area (Å²) < 4.78 is 0. The number of carbonyl (C=O) groups is 1. The second-order valence-corrected chi connectivity index (χ2v) is 6.71. The van der Waals surface area contributed by atoms with Gasteiger partial charge in [0.1, 0.15) is 11.5 Å². The van der Waals surface area contributed by atoms with E-state index in [1.165, 1.54) is 6.07 Å². The van der Waals surface area contributed by atoms with Crippen molar-refractivity contribution in [2.45, 2.75) is 12.8 Å². The van der Waals surface area contributed by atoms with E-state index in [0.29, 0.717) is 24.0 Å². The molecule has 0 bridgehead atoms. The van der Waals surface area contributed by atoms with Crippen LogP contribution in [-0.4, -0.2) is 16.0 Å². The summed E-state index contributed by atoms with van der Waals surface area (Å²) in [5.74, 6) is -0.291. The van der Waals surface area contributed by atoms with Crippen molar-refractivity contribution in [3.05, 3.63) is 80.5 Å². The fourth-order valence-electron chi connectivity index (χ4n) is 3.15. The minimum absolute atomic E-state index is 0.0267. The van der Waals surface area contributed by atoms with Crippen LogP contribution in [0.4, 0.5) is 0 Å². The van der Waals surface area contributed by atoms with E-state index < -0.39 is 0 Å². The number of thiophene rings is 1. The van der Waals surface area contributed by atoms with Crippen molar-refractivity contribution >= 4 is 17.1 Å². The minimum atomic E-state index is -0.301. The maximum atomic E-state index is 12.8. The molecule has 0 spiro atoms. The Hall–Kier alpha value is -2.59. The van der Waals surface area contributed by atoms with Crippen LogP contribution >= 0.6 is 11.3 Å². The van der Waals surface area contributed by atoms with Crippen LogP contribution in [0.2, 0.25) is 0 Å². The van der Waals surface area contributed by atoms with Crippen molar-refractivity contribution in [1.82, 2.24) is 0 Å². The predicted molar refractivity (Wildman–Crippen MR) is 89.6 cm³/mol. The molecule has 2 N–H and O–H groups in total. The Labute approximate surface area is 137 Å². The van der Waals surface area contributed by atoms with Crippen molar-refractivity contribution < 1.29 is 15.0 Å². The molecule has 23 heavy (non-hydrogen) atoms. The molecule has 0 atom stereocenters. The van der Waals surface area contributed by atoms with Crippen molar-refractivity contribution in [2.75, 3.05) is 0 Å². The van der Waals surface area contributed by atoms with E-state index in [1.54, 1.807) is 17.4 Å². The summed E-state index contributed by atoms with van der Waals surface area (Å²) in [6.07, 6.45) is 1.13. The molecular weight excluding hydrogens is 308 g/mol. The summed E-state index contributed by atoms with van der Waals surface area (Å²) in [5.41, 5.74) is 2.98. The zero-order valence-electron chi connectivity index (χ0n) is 12.2. The quantitative estimate of drug-likeness (QED) is 0.589. The number of rotatable bonds is 2. The normalized spacial score (nSPS) is 12.8. The molecule has 0 saturated heterocycles. The molecule has 0 aliphatic heterocycles. The van der Waals surface area contributed by atoms with E-state index in [4.69, 9.17) is 0 Å². The standard InChI is InChI=1S/C19H14O3S/c20-15-5-1-3-11-9-12-6-7-13(10-14-4-2-8-23-14)18(21)17(12)19(22)16(11)15/h1-8,20-21H,9-10H2. The van der Waals surface area contributed by atoms with Gasteiger partial charge in [0.15, 0.2) is 0 Å². The second-order valence-electron chi connectivity index (χ2n) is 5.68. The second kappa shape index (κ2) is 5.25. The van der Waals surface area contributed by atoms with Crippen LogP contribution < -0.4 is 0 Å². The minimum Gasteiger partial charge on any atom is -0.507 e. The maximum absolute atomic E-state index is 12.8. The molecule has 2 aromatic carbocycles. The fraction of sp³-hybridized carbons (Fsp3) is 0.105. The largest absolute Gasteiger partial charge is 0.507 e. The Morgan fingerprint density at radius 3 is 2.57 bits per heavy atom. The number of benzene rings is 2. The molecule has 0 unspecified atom stereocenters. The highest BCUT2D eigenvalue weighted by Crippen LogP contribution is 2.38. The fourth-order valence-corrected chi connectivity index (χ4v) is 3.87. The number of ketones is 1. The molecule has 0 amide bonds. The lowest BCUT2D eigenvalue weighted by atomic mass is 9.83. The Balaban J connectivity index is 1.82. The SMILES string of the molecule is O=C1c2c(O)cccc2Cc2ccc(Cc3cccs3)c(O)c21. The first kappa shape index (κ1) is 14.0. The van der Waals surface area contributed by atoms with Gasteiger partial charge in [-0.25, -0.2) is 0 Å². The lowest BCUT2D eigenvalue weighted by Gasteiger charge is -2.21. The van der Waals surface area contributed by atoms with E-state index in [2.05, 4.69) is 0 Å². The molecular formula is C19H14O3S. The van der Waals surface area contributed by atoms with E-state index in [0.717, 1.165) is 21.6 Å². The number of hydrogen-bond donors (Lipinski definition) is 2. The molecule has 0 radical (unpaired) electrons. The van der Waals surface area contributed by atoms with Crippen LogP contribution in [0.3, 0.4) is 0 Å². The van der Waals surface area contributed by atoms with Gasteiger partial charge in [-0.1, -0.05) is 30.3 Å². The lowest BCUT2D eigenvalue weighted by molar-refractivity contribution is 0.102. The number of fused-ring (bicyclic) bond motifs is 2. The van der Waals surface area contributed by atoms with Crippen molar-refractivity contribution in [2.24, 2.45) is 0 Å². The Morgan fingerprint density at radius 1 is 0.957 bits per heavy atom. The summed E-state index contributed by atoms with van der Waals surface area (Å²) in [4.78, 5) is 13.9. The Bertz CT molecular complexity index is 911. The first-order chi connectivity index (χ1) is 11.1. The van der Waals surface area contributed by atoms with E-state index >= 15 is 0 Å². The highest BCUT2D eigenvalue weighted by molar-refractivity contribution is 7.09. The van der Waals surface area contributed by atoms with Crippen molar-refractivity contribution in [1.29, 1.82) is 0 Å². The zero-order valence-corrected chi connectivity index (χ0v) is 13.1. The van der Waals surface area contributed by atoms with Crippen LogP contribution in [0.15, 0.2) is 47.8 Å². The third-order valence-electron chi connectivity index (χ3n) is 4.26. The topological polar surface area (TPSA) is 57.5 Å². The molecule has 1 aliphatic rings. The number of carbonyl (C=O) groups excluding carboxylic acids is 1.